The van der Waals surface area contributed by atoms with Gasteiger partial charge in [0.05, 0.1) is 0 Å². The van der Waals surface area contributed by atoms with Gasteiger partial charge in [-0.15, -0.1) is 5.92 Å². The minimum absolute atomic E-state index is 0.816. The lowest BCUT2D eigenvalue weighted by atomic mass is 10.0. The molecule has 0 fully saturated rings. The van der Waals surface area contributed by atoms with Gasteiger partial charge in [0.2, 0.25) is 0 Å². The van der Waals surface area contributed by atoms with E-state index in [2.05, 4.69) is 50.8 Å². The fourth-order valence-electron chi connectivity index (χ4n) is 1.16. The maximum absolute atomic E-state index is 3.49. The van der Waals surface area contributed by atoms with Crippen LogP contribution in [0.1, 0.15) is 16.7 Å². The van der Waals surface area contributed by atoms with E-state index >= 15 is 0 Å². The highest BCUT2D eigenvalue weighted by Gasteiger charge is 1.97. The van der Waals surface area contributed by atoms with E-state index in [0.29, 0.717) is 0 Å². The Morgan fingerprint density at radius 2 is 2.08 bits per heavy atom. The molecule has 0 saturated heterocycles. The predicted octanol–water partition coefficient (Wildman–Crippen LogP) is 2.68. The second kappa shape index (κ2) is 3.97. The van der Waals surface area contributed by atoms with E-state index in [4.69, 9.17) is 0 Å². The van der Waals surface area contributed by atoms with Gasteiger partial charge in [-0.25, -0.2) is 0 Å². The molecular weight excluding hydrogens is 144 g/mol. The average molecular weight is 157 g/mol. The zero-order chi connectivity index (χ0) is 8.97. The van der Waals surface area contributed by atoms with E-state index in [0.717, 1.165) is 6.42 Å². The molecule has 0 spiro atoms. The summed E-state index contributed by atoms with van der Waals surface area (Å²) in [4.78, 5) is 0. The first-order valence-electron chi connectivity index (χ1n) is 4.05. The van der Waals surface area contributed by atoms with Crippen LogP contribution in [-0.4, -0.2) is 0 Å². The maximum atomic E-state index is 3.49. The van der Waals surface area contributed by atoms with E-state index in [1.165, 1.54) is 16.7 Å². The lowest BCUT2D eigenvalue weighted by molar-refractivity contribution is 1.21. The molecule has 1 radical (unpaired) electrons. The Hall–Kier alpha value is -1.22. The summed E-state index contributed by atoms with van der Waals surface area (Å²) in [5.41, 5.74) is 3.99. The van der Waals surface area contributed by atoms with Crippen LogP contribution in [0.3, 0.4) is 0 Å². The summed E-state index contributed by atoms with van der Waals surface area (Å²) >= 11 is 0. The van der Waals surface area contributed by atoms with Crippen molar-refractivity contribution in [1.29, 1.82) is 0 Å². The van der Waals surface area contributed by atoms with Crippen molar-refractivity contribution in [2.24, 2.45) is 0 Å². The molecule has 0 heterocycles. The van der Waals surface area contributed by atoms with E-state index in [1.54, 1.807) is 0 Å². The van der Waals surface area contributed by atoms with Crippen molar-refractivity contribution in [2.75, 3.05) is 0 Å². The number of rotatable bonds is 1. The normalized spacial score (nSPS) is 8.92. The minimum atomic E-state index is 0.816. The summed E-state index contributed by atoms with van der Waals surface area (Å²) in [6, 6.07) is 6.31. The molecule has 1 aromatic carbocycles. The lowest BCUT2D eigenvalue weighted by Gasteiger charge is -2.04. The Labute approximate surface area is 74.6 Å². The van der Waals surface area contributed by atoms with Crippen LogP contribution in [0.5, 0.6) is 0 Å². The summed E-state index contributed by atoms with van der Waals surface area (Å²) in [5, 5.41) is 0. The number of hydrogen-bond acceptors (Lipinski definition) is 0. The van der Waals surface area contributed by atoms with Crippen molar-refractivity contribution in [2.45, 2.75) is 20.3 Å². The van der Waals surface area contributed by atoms with E-state index in [9.17, 15) is 0 Å². The number of hydrogen-bond donors (Lipinski definition) is 0. The third-order valence-electron chi connectivity index (χ3n) is 2.12. The summed E-state index contributed by atoms with van der Waals surface area (Å²) in [5.74, 6) is 5.63. The third-order valence-corrected chi connectivity index (χ3v) is 2.12. The SMILES string of the molecule is [CH2]C#CCc1cccc(C)c1C. The van der Waals surface area contributed by atoms with Crippen LogP contribution in [0.15, 0.2) is 18.2 Å². The summed E-state index contributed by atoms with van der Waals surface area (Å²) in [6.07, 6.45) is 0.816. The van der Waals surface area contributed by atoms with Gasteiger partial charge >= 0.3 is 0 Å². The van der Waals surface area contributed by atoms with Crippen molar-refractivity contribution < 1.29 is 0 Å². The van der Waals surface area contributed by atoms with Crippen LogP contribution < -0.4 is 0 Å². The van der Waals surface area contributed by atoms with Crippen LogP contribution in [-0.2, 0) is 6.42 Å². The van der Waals surface area contributed by atoms with Crippen LogP contribution in [0.2, 0.25) is 0 Å². The average Bonchev–Trinajstić information content (AvgIpc) is 2.08. The highest BCUT2D eigenvalue weighted by atomic mass is 14.0. The molecule has 0 nitrogen and oxygen atoms in total. The maximum Gasteiger partial charge on any atom is 0.0343 e. The van der Waals surface area contributed by atoms with Gasteiger partial charge in [-0.2, -0.15) is 0 Å². The largest absolute Gasteiger partial charge is 0.102 e. The standard InChI is InChI=1S/C12H13/c1-4-5-8-12-9-6-7-10(2)11(12)3/h6-7,9H,1,8H2,2-3H3. The van der Waals surface area contributed by atoms with Crippen LogP contribution in [0.4, 0.5) is 0 Å². The Morgan fingerprint density at radius 1 is 1.33 bits per heavy atom. The van der Waals surface area contributed by atoms with Gasteiger partial charge in [0.15, 0.2) is 0 Å². The first-order valence-corrected chi connectivity index (χ1v) is 4.05. The van der Waals surface area contributed by atoms with Gasteiger partial charge in [-0.3, -0.25) is 0 Å². The Morgan fingerprint density at radius 3 is 2.75 bits per heavy atom. The molecule has 0 N–H and O–H groups in total. The minimum Gasteiger partial charge on any atom is -0.102 e. The second-order valence-corrected chi connectivity index (χ2v) is 2.89. The number of aryl methyl sites for hydroxylation is 1. The molecule has 0 aliphatic rings. The molecule has 0 aliphatic heterocycles. The van der Waals surface area contributed by atoms with Crippen molar-refractivity contribution in [1.82, 2.24) is 0 Å². The smallest absolute Gasteiger partial charge is 0.0343 e. The monoisotopic (exact) mass is 157 g/mol. The fourth-order valence-corrected chi connectivity index (χ4v) is 1.16. The van der Waals surface area contributed by atoms with Crippen molar-refractivity contribution in [3.63, 3.8) is 0 Å². The molecule has 12 heavy (non-hydrogen) atoms. The first-order chi connectivity index (χ1) is 5.75. The molecule has 0 saturated carbocycles. The molecule has 0 amide bonds. The van der Waals surface area contributed by atoms with E-state index in [1.807, 2.05) is 0 Å². The summed E-state index contributed by atoms with van der Waals surface area (Å²) in [7, 11) is 0. The number of benzene rings is 1. The van der Waals surface area contributed by atoms with E-state index in [-0.39, 0.29) is 0 Å². The van der Waals surface area contributed by atoms with Gasteiger partial charge in [-0.05, 0) is 30.5 Å². The molecule has 1 aromatic rings. The highest BCUT2D eigenvalue weighted by Crippen LogP contribution is 2.12. The predicted molar refractivity (Wildman–Crippen MR) is 52.8 cm³/mol. The van der Waals surface area contributed by atoms with Crippen molar-refractivity contribution in [3.05, 3.63) is 41.8 Å². The quantitative estimate of drug-likeness (QED) is 0.550. The molecule has 0 atom stereocenters. The van der Waals surface area contributed by atoms with Gasteiger partial charge in [0.1, 0.15) is 0 Å². The zero-order valence-electron chi connectivity index (χ0n) is 7.65. The first kappa shape index (κ1) is 8.87. The van der Waals surface area contributed by atoms with Crippen LogP contribution >= 0.6 is 0 Å². The Bertz CT molecular complexity index is 324. The topological polar surface area (TPSA) is 0 Å². The molecule has 0 heteroatoms. The zero-order valence-corrected chi connectivity index (χ0v) is 7.65. The second-order valence-electron chi connectivity index (χ2n) is 2.89. The van der Waals surface area contributed by atoms with Crippen molar-refractivity contribution in [3.8, 4) is 11.8 Å². The lowest BCUT2D eigenvalue weighted by Crippen LogP contribution is -1.89. The molecule has 61 valence electrons. The summed E-state index contributed by atoms with van der Waals surface area (Å²) in [6.45, 7) is 7.75. The molecule has 0 aromatic heterocycles. The molecule has 1 rings (SSSR count). The molecule has 0 aliphatic carbocycles. The fraction of sp³-hybridized carbons (Fsp3) is 0.250. The van der Waals surface area contributed by atoms with Crippen LogP contribution in [0, 0.1) is 32.6 Å². The molecule has 0 unspecified atom stereocenters. The van der Waals surface area contributed by atoms with Gasteiger partial charge in [0.25, 0.3) is 0 Å². The van der Waals surface area contributed by atoms with E-state index < -0.39 is 0 Å². The van der Waals surface area contributed by atoms with Gasteiger partial charge in [-0.1, -0.05) is 24.1 Å². The Balaban J connectivity index is 2.97. The molecular formula is C12H13. The van der Waals surface area contributed by atoms with Crippen LogP contribution in [0.25, 0.3) is 0 Å². The molecule has 0 bridgehead atoms. The van der Waals surface area contributed by atoms with Gasteiger partial charge < -0.3 is 0 Å². The highest BCUT2D eigenvalue weighted by molar-refractivity contribution is 5.35. The Kier molecular flexibility index (Phi) is 2.94. The summed E-state index contributed by atoms with van der Waals surface area (Å²) < 4.78 is 0. The van der Waals surface area contributed by atoms with Gasteiger partial charge in [0, 0.05) is 13.3 Å². The third kappa shape index (κ3) is 1.89. The van der Waals surface area contributed by atoms with Crippen molar-refractivity contribution >= 4 is 0 Å².